The molecule has 0 aromatic carbocycles. The summed E-state index contributed by atoms with van der Waals surface area (Å²) in [6.07, 6.45) is 5.52. The Morgan fingerprint density at radius 3 is 2.77 bits per heavy atom. The lowest BCUT2D eigenvalue weighted by atomic mass is 10.0. The van der Waals surface area contributed by atoms with Gasteiger partial charge in [0.05, 0.1) is 16.4 Å². The van der Waals surface area contributed by atoms with Crippen LogP contribution in [-0.2, 0) is 25.8 Å². The van der Waals surface area contributed by atoms with Crippen LogP contribution in [0.15, 0.2) is 40.3 Å². The molecule has 3 aliphatic rings. The summed E-state index contributed by atoms with van der Waals surface area (Å²) in [6, 6.07) is 0.678. The number of nitrogens with zero attached hydrogens (tertiary/aromatic N) is 6. The van der Waals surface area contributed by atoms with Gasteiger partial charge in [0.1, 0.15) is 29.7 Å². The number of fused-ring (bicyclic) bond motifs is 2. The number of carboxylic acid groups (broad SMARTS) is 1. The van der Waals surface area contributed by atoms with Crippen molar-refractivity contribution >= 4 is 84.4 Å². The zero-order valence-electron chi connectivity index (χ0n) is 22.6. The van der Waals surface area contributed by atoms with Gasteiger partial charge in [-0.25, -0.2) is 14.8 Å². The van der Waals surface area contributed by atoms with Gasteiger partial charge in [-0.2, -0.15) is 4.57 Å². The van der Waals surface area contributed by atoms with Crippen LogP contribution in [0, 0.1) is 0 Å². The number of hydrogen-bond donors (Lipinski definition) is 3. The zero-order chi connectivity index (χ0) is 30.2. The number of β-lactam (4-membered cyclic amide) rings is 1. The Balaban J connectivity index is 1.17. The largest absolute Gasteiger partial charge is 0.543 e. The molecule has 0 spiro atoms. The average Bonchev–Trinajstić information content (AvgIpc) is 3.75. The fourth-order valence-electron chi connectivity index (χ4n) is 5.08. The lowest BCUT2D eigenvalue weighted by molar-refractivity contribution is -0.687. The fourth-order valence-corrected chi connectivity index (χ4v) is 7.78. The third kappa shape index (κ3) is 5.59. The van der Waals surface area contributed by atoms with E-state index in [4.69, 9.17) is 10.6 Å². The number of hydrogen-bond acceptors (Lipinski definition) is 13. The lowest BCUT2D eigenvalue weighted by Gasteiger charge is -2.50. The molecule has 1 unspecified atom stereocenters. The van der Waals surface area contributed by atoms with Crippen molar-refractivity contribution in [2.24, 2.45) is 5.16 Å². The number of anilines is 2. The molecule has 6 heterocycles. The van der Waals surface area contributed by atoms with Crippen molar-refractivity contribution in [2.45, 2.75) is 30.8 Å². The van der Waals surface area contributed by atoms with E-state index < -0.39 is 29.2 Å². The Hall–Kier alpha value is -4.29. The summed E-state index contributed by atoms with van der Waals surface area (Å²) in [5, 5.41) is 23.0. The summed E-state index contributed by atoms with van der Waals surface area (Å²) in [5.41, 5.74) is 6.59. The molecule has 2 atom stereocenters. The number of nitrogens with two attached hydrogens (primary N) is 1. The Morgan fingerprint density at radius 1 is 1.28 bits per heavy atom. The maximum atomic E-state index is 13.1. The number of likely N-dealkylation sites (tertiary alicyclic amines) is 1. The van der Waals surface area contributed by atoms with Gasteiger partial charge < -0.3 is 30.7 Å². The van der Waals surface area contributed by atoms with Gasteiger partial charge in [-0.05, 0) is 12.8 Å². The number of nitrogens with one attached hydrogen (secondary N) is 2. The standard InChI is InChI=1S/C25H25N9O6S3/c1-40-31-16(14-11-42-23(26)27-14)19(35)29-17-20(36)34-18(22(37)38)12(10-41-21(17)34)8-32-7-4-15-13(9-32)28-24(43-15)30-25(39)33-5-2-3-6-33/h4,7,9,11,17,21H,2-3,5-6,8,10H2,1H3,(H4-,26,27,28,29,30,35,37,38,39)/b31-16+/t17?,21-/m1/s1. The summed E-state index contributed by atoms with van der Waals surface area (Å²) in [5.74, 6) is -2.50. The molecule has 2 saturated heterocycles. The number of rotatable bonds is 8. The molecule has 0 radical (unpaired) electrons. The van der Waals surface area contributed by atoms with Crippen LogP contribution in [-0.4, -0.2) is 86.7 Å². The minimum absolute atomic E-state index is 0.161. The molecular weight excluding hydrogens is 619 g/mol. The van der Waals surface area contributed by atoms with E-state index in [-0.39, 0.29) is 40.6 Å². The Kier molecular flexibility index (Phi) is 7.89. The second-order valence-electron chi connectivity index (χ2n) is 9.80. The Bertz CT molecular complexity index is 1700. The number of aromatic nitrogens is 3. The van der Waals surface area contributed by atoms with E-state index in [1.807, 2.05) is 6.07 Å². The first-order valence-corrected chi connectivity index (χ1v) is 15.8. The lowest BCUT2D eigenvalue weighted by Crippen LogP contribution is -2.71. The molecule has 2 fully saturated rings. The van der Waals surface area contributed by atoms with E-state index in [0.29, 0.717) is 16.2 Å². The van der Waals surface area contributed by atoms with Crippen LogP contribution < -0.4 is 26.0 Å². The third-order valence-corrected chi connectivity index (χ3v) is 10.0. The highest BCUT2D eigenvalue weighted by atomic mass is 32.2. The maximum absolute atomic E-state index is 13.1. The molecule has 4 amide bonds. The van der Waals surface area contributed by atoms with Crippen molar-refractivity contribution in [2.75, 3.05) is 37.0 Å². The van der Waals surface area contributed by atoms with Crippen LogP contribution in [0.1, 0.15) is 18.5 Å². The first-order valence-electron chi connectivity index (χ1n) is 13.1. The van der Waals surface area contributed by atoms with E-state index in [2.05, 4.69) is 25.8 Å². The summed E-state index contributed by atoms with van der Waals surface area (Å²) >= 11 is 3.79. The molecule has 3 aromatic heterocycles. The molecule has 0 saturated carbocycles. The number of thiazole rings is 2. The van der Waals surface area contributed by atoms with Crippen molar-refractivity contribution in [3.63, 3.8) is 0 Å². The van der Waals surface area contributed by atoms with Crippen molar-refractivity contribution in [3.8, 4) is 0 Å². The van der Waals surface area contributed by atoms with Crippen molar-refractivity contribution in [3.05, 3.63) is 40.8 Å². The number of aliphatic carboxylic acids is 1. The van der Waals surface area contributed by atoms with Crippen LogP contribution >= 0.6 is 34.4 Å². The molecular formula is C25H25N9O6S3. The third-order valence-electron chi connectivity index (χ3n) is 7.06. The first kappa shape index (κ1) is 28.8. The number of carbonyl (C=O) groups is 4. The highest BCUT2D eigenvalue weighted by Gasteiger charge is 2.53. The second kappa shape index (κ2) is 11.8. The number of carbonyl (C=O) groups excluding carboxylic acids is 4. The van der Waals surface area contributed by atoms with E-state index in [1.165, 1.54) is 35.6 Å². The smallest absolute Gasteiger partial charge is 0.323 e. The molecule has 224 valence electrons. The van der Waals surface area contributed by atoms with Gasteiger partial charge in [0.25, 0.3) is 11.8 Å². The van der Waals surface area contributed by atoms with E-state index >= 15 is 0 Å². The van der Waals surface area contributed by atoms with Crippen molar-refractivity contribution in [1.82, 2.24) is 25.1 Å². The minimum Gasteiger partial charge on any atom is -0.543 e. The summed E-state index contributed by atoms with van der Waals surface area (Å²) in [6.45, 7) is 1.62. The van der Waals surface area contributed by atoms with Gasteiger partial charge in [0.15, 0.2) is 34.9 Å². The van der Waals surface area contributed by atoms with Crippen LogP contribution in [0.25, 0.3) is 10.2 Å². The predicted octanol–water partition coefficient (Wildman–Crippen LogP) is -0.295. The van der Waals surface area contributed by atoms with E-state index in [0.717, 1.165) is 46.9 Å². The number of nitrogen functional groups attached to an aromatic ring is 1. The topological polar surface area (TPSA) is 199 Å². The quantitative estimate of drug-likeness (QED) is 0.127. The number of urea groups is 1. The van der Waals surface area contributed by atoms with Crippen LogP contribution in [0.3, 0.4) is 0 Å². The first-order chi connectivity index (χ1) is 20.7. The van der Waals surface area contributed by atoms with Crippen molar-refractivity contribution in [1.29, 1.82) is 0 Å². The van der Waals surface area contributed by atoms with Gasteiger partial charge in [0, 0.05) is 35.9 Å². The van der Waals surface area contributed by atoms with Crippen molar-refractivity contribution < 1.29 is 33.7 Å². The second-order valence-corrected chi connectivity index (χ2v) is 12.8. The minimum atomic E-state index is -1.49. The molecule has 3 aliphatic heterocycles. The summed E-state index contributed by atoms with van der Waals surface area (Å²) < 4.78 is 2.62. The van der Waals surface area contributed by atoms with Gasteiger partial charge >= 0.3 is 6.03 Å². The van der Waals surface area contributed by atoms with Crippen LogP contribution in [0.4, 0.5) is 15.1 Å². The highest BCUT2D eigenvalue weighted by molar-refractivity contribution is 8.00. The number of pyridine rings is 1. The monoisotopic (exact) mass is 643 g/mol. The van der Waals surface area contributed by atoms with Crippen LogP contribution in [0.2, 0.25) is 0 Å². The van der Waals surface area contributed by atoms with Gasteiger partial charge in [0.2, 0.25) is 0 Å². The number of thioether (sulfide) groups is 1. The molecule has 15 nitrogen and oxygen atoms in total. The average molecular weight is 644 g/mol. The number of amides is 4. The Morgan fingerprint density at radius 2 is 2.07 bits per heavy atom. The predicted molar refractivity (Wildman–Crippen MR) is 157 cm³/mol. The molecule has 0 bridgehead atoms. The summed E-state index contributed by atoms with van der Waals surface area (Å²) in [4.78, 5) is 67.0. The molecule has 3 aromatic rings. The molecule has 0 aliphatic carbocycles. The summed E-state index contributed by atoms with van der Waals surface area (Å²) in [7, 11) is 1.27. The van der Waals surface area contributed by atoms with Gasteiger partial charge in [-0.1, -0.05) is 16.5 Å². The van der Waals surface area contributed by atoms with E-state index in [1.54, 1.807) is 21.9 Å². The molecule has 4 N–H and O–H groups in total. The normalized spacial score (nSPS) is 20.2. The molecule has 43 heavy (non-hydrogen) atoms. The fraction of sp³-hybridized carbons (Fsp3) is 0.360. The zero-order valence-corrected chi connectivity index (χ0v) is 25.1. The van der Waals surface area contributed by atoms with Crippen LogP contribution in [0.5, 0.6) is 0 Å². The van der Waals surface area contributed by atoms with Gasteiger partial charge in [-0.15, -0.1) is 23.1 Å². The molecule has 6 rings (SSSR count). The maximum Gasteiger partial charge on any atom is 0.323 e. The highest BCUT2D eigenvalue weighted by Crippen LogP contribution is 2.40. The SMILES string of the molecule is CO/N=C(/C(=O)NC1C(=O)N2C(C(=O)[O-])=C(C[n+]3ccc4sc(NC(=O)N5CCCC5)nc4c3)CS[C@H]12)c1csc(N)n1. The Labute approximate surface area is 256 Å². The number of carboxylic acids is 1. The number of oxime groups is 1. The van der Waals surface area contributed by atoms with Gasteiger partial charge in [-0.3, -0.25) is 19.8 Å². The van der Waals surface area contributed by atoms with E-state index in [9.17, 15) is 24.3 Å². The molecule has 18 heteroatoms.